The van der Waals surface area contributed by atoms with Crippen LogP contribution in [0.4, 0.5) is 0 Å². The van der Waals surface area contributed by atoms with Crippen molar-refractivity contribution < 1.29 is 28.5 Å². The second-order valence-corrected chi connectivity index (χ2v) is 11.5. The molecule has 6 rings (SSSR count). The Hall–Kier alpha value is -2.43. The molecule has 2 N–H and O–H groups in total. The molecule has 2 saturated heterocycles. The minimum Gasteiger partial charge on any atom is -0.464 e. The molecule has 2 fully saturated rings. The van der Waals surface area contributed by atoms with E-state index < -0.39 is 0 Å². The largest absolute Gasteiger partial charge is 0.464 e. The van der Waals surface area contributed by atoms with Crippen LogP contribution in [0.3, 0.4) is 0 Å². The lowest BCUT2D eigenvalue weighted by Gasteiger charge is -2.14. The number of fused-ring (bicyclic) bond motifs is 2. The van der Waals surface area contributed by atoms with E-state index in [4.69, 9.17) is 18.3 Å². The van der Waals surface area contributed by atoms with Gasteiger partial charge in [-0.1, -0.05) is 12.1 Å². The normalized spacial score (nSPS) is 19.1. The summed E-state index contributed by atoms with van der Waals surface area (Å²) in [4.78, 5) is 4.61. The Labute approximate surface area is 260 Å². The van der Waals surface area contributed by atoms with Crippen molar-refractivity contribution >= 4 is 34.3 Å². The number of furan rings is 2. The van der Waals surface area contributed by atoms with Gasteiger partial charge in [-0.2, -0.15) is 0 Å². The Balaban J connectivity index is 0.000000192. The van der Waals surface area contributed by atoms with Crippen LogP contribution >= 0.6 is 12.4 Å². The van der Waals surface area contributed by atoms with Crippen LogP contribution in [0.2, 0.25) is 0 Å². The average molecular weight is 615 g/mol. The van der Waals surface area contributed by atoms with Crippen LogP contribution in [0.1, 0.15) is 36.8 Å². The van der Waals surface area contributed by atoms with Crippen molar-refractivity contribution in [3.8, 4) is 0 Å². The Bertz CT molecular complexity index is 1240. The number of likely N-dealkylation sites (tertiary alicyclic amines) is 2. The second-order valence-electron chi connectivity index (χ2n) is 11.5. The van der Waals surface area contributed by atoms with Gasteiger partial charge in [-0.25, -0.2) is 0 Å². The van der Waals surface area contributed by atoms with E-state index in [9.17, 15) is 10.2 Å². The fraction of sp³-hybridized carbons (Fsp3) is 0.529. The van der Waals surface area contributed by atoms with Gasteiger partial charge < -0.3 is 38.3 Å². The molecule has 2 unspecified atom stereocenters. The molecular formula is C34H47ClN2O6. The number of aliphatic hydroxyl groups is 2. The molecule has 0 spiro atoms. The van der Waals surface area contributed by atoms with E-state index in [-0.39, 0.29) is 24.6 Å². The molecule has 0 aliphatic carbocycles. The van der Waals surface area contributed by atoms with Crippen molar-refractivity contribution in [2.45, 2.75) is 50.7 Å². The van der Waals surface area contributed by atoms with Gasteiger partial charge >= 0.3 is 0 Å². The van der Waals surface area contributed by atoms with E-state index in [1.54, 1.807) is 12.5 Å². The zero-order valence-corrected chi connectivity index (χ0v) is 25.9. The van der Waals surface area contributed by atoms with Crippen molar-refractivity contribution in [3.63, 3.8) is 0 Å². The van der Waals surface area contributed by atoms with Gasteiger partial charge in [-0.05, 0) is 86.1 Å². The molecular weight excluding hydrogens is 568 g/mol. The fourth-order valence-electron chi connectivity index (χ4n) is 5.74. The highest BCUT2D eigenvalue weighted by molar-refractivity contribution is 5.85. The zero-order chi connectivity index (χ0) is 29.0. The number of hydrogen-bond donors (Lipinski definition) is 2. The maximum Gasteiger partial charge on any atom is 0.133 e. The van der Waals surface area contributed by atoms with Crippen molar-refractivity contribution in [2.75, 3.05) is 65.7 Å². The summed E-state index contributed by atoms with van der Waals surface area (Å²) in [5.74, 6) is 0. The van der Waals surface area contributed by atoms with Crippen LogP contribution in [-0.4, -0.2) is 97.9 Å². The summed E-state index contributed by atoms with van der Waals surface area (Å²) in [7, 11) is 0. The molecule has 2 aromatic heterocycles. The maximum atomic E-state index is 9.45. The van der Waals surface area contributed by atoms with Gasteiger partial charge in [0.25, 0.3) is 0 Å². The van der Waals surface area contributed by atoms with Crippen LogP contribution < -0.4 is 0 Å². The summed E-state index contributed by atoms with van der Waals surface area (Å²) in [6, 6.07) is 16.5. The first-order valence-electron chi connectivity index (χ1n) is 15.5. The summed E-state index contributed by atoms with van der Waals surface area (Å²) < 4.78 is 22.1. The summed E-state index contributed by atoms with van der Waals surface area (Å²) in [6.07, 6.45) is 8.97. The highest BCUT2D eigenvalue weighted by Crippen LogP contribution is 2.18. The van der Waals surface area contributed by atoms with Crippen LogP contribution in [0, 0.1) is 0 Å². The highest BCUT2D eigenvalue weighted by Gasteiger charge is 2.19. The maximum absolute atomic E-state index is 9.45. The molecule has 9 heteroatoms. The first kappa shape index (κ1) is 33.5. The highest BCUT2D eigenvalue weighted by atomic mass is 35.5. The molecule has 0 saturated carbocycles. The van der Waals surface area contributed by atoms with Crippen molar-refractivity contribution in [1.29, 1.82) is 0 Å². The number of ether oxygens (including phenoxy) is 2. The first-order valence-corrected chi connectivity index (χ1v) is 15.5. The number of halogens is 1. The number of nitrogens with zero attached hydrogens (tertiary/aromatic N) is 2. The lowest BCUT2D eigenvalue weighted by molar-refractivity contribution is 0.122. The quantitative estimate of drug-likeness (QED) is 0.185. The van der Waals surface area contributed by atoms with Gasteiger partial charge in [0, 0.05) is 63.3 Å². The van der Waals surface area contributed by atoms with Crippen molar-refractivity contribution in [2.24, 2.45) is 0 Å². The Morgan fingerprint density at radius 3 is 1.53 bits per heavy atom. The molecule has 2 aromatic carbocycles. The minimum atomic E-state index is -0.122. The number of hydrogen-bond acceptors (Lipinski definition) is 8. The van der Waals surface area contributed by atoms with E-state index in [2.05, 4.69) is 34.1 Å². The Morgan fingerprint density at radius 1 is 0.651 bits per heavy atom. The summed E-state index contributed by atoms with van der Waals surface area (Å²) >= 11 is 0. The molecule has 236 valence electrons. The van der Waals surface area contributed by atoms with Crippen LogP contribution in [0.5, 0.6) is 0 Å². The number of benzene rings is 2. The van der Waals surface area contributed by atoms with E-state index in [1.807, 2.05) is 24.3 Å². The van der Waals surface area contributed by atoms with Crippen LogP contribution in [0.15, 0.2) is 69.9 Å². The molecule has 0 radical (unpaired) electrons. The third-order valence-corrected chi connectivity index (χ3v) is 8.12. The topological polar surface area (TPSA) is 91.7 Å². The van der Waals surface area contributed by atoms with Gasteiger partial charge in [0.1, 0.15) is 11.2 Å². The van der Waals surface area contributed by atoms with Crippen LogP contribution in [0.25, 0.3) is 21.9 Å². The molecule has 0 amide bonds. The summed E-state index contributed by atoms with van der Waals surface area (Å²) in [6.45, 7) is 8.84. The zero-order valence-electron chi connectivity index (χ0n) is 25.1. The Morgan fingerprint density at radius 2 is 1.12 bits per heavy atom. The molecule has 2 aliphatic heterocycles. The van der Waals surface area contributed by atoms with Gasteiger partial charge in [0.15, 0.2) is 0 Å². The molecule has 8 nitrogen and oxygen atoms in total. The molecule has 2 aliphatic rings. The average Bonchev–Trinajstić information content (AvgIpc) is 3.81. The third-order valence-electron chi connectivity index (χ3n) is 8.12. The van der Waals surface area contributed by atoms with Crippen LogP contribution in [-0.2, 0) is 22.3 Å². The standard InChI is InChI=1S/2C17H23NO3.ClH/c2*19-16-4-8-18(13-16)7-1-9-20-10-5-14-2-3-17-15(12-14)6-11-21-17;/h2*2-3,6,11-12,16,19H,1,4-5,7-10,13H2;1H. The molecule has 2 atom stereocenters. The third kappa shape index (κ3) is 10.9. The van der Waals surface area contributed by atoms with E-state index in [0.717, 1.165) is 126 Å². The van der Waals surface area contributed by atoms with Gasteiger partial charge in [0.2, 0.25) is 0 Å². The monoisotopic (exact) mass is 614 g/mol. The lowest BCUT2D eigenvalue weighted by atomic mass is 10.1. The molecule has 4 heterocycles. The van der Waals surface area contributed by atoms with Gasteiger partial charge in [0.05, 0.1) is 37.9 Å². The van der Waals surface area contributed by atoms with E-state index >= 15 is 0 Å². The summed E-state index contributed by atoms with van der Waals surface area (Å²) in [5.41, 5.74) is 4.44. The molecule has 4 aromatic rings. The number of β-amino-alcohol motifs (C(OH)–C–C–N with tert-alkyl or cyclic N) is 2. The predicted octanol–water partition coefficient (Wildman–Crippen LogP) is 5.32. The lowest BCUT2D eigenvalue weighted by Crippen LogP contribution is -2.24. The first-order chi connectivity index (χ1) is 20.6. The molecule has 43 heavy (non-hydrogen) atoms. The van der Waals surface area contributed by atoms with Crippen molar-refractivity contribution in [3.05, 3.63) is 72.2 Å². The van der Waals surface area contributed by atoms with E-state index in [1.165, 1.54) is 11.1 Å². The fourth-order valence-corrected chi connectivity index (χ4v) is 5.74. The Kier molecular flexibility index (Phi) is 13.8. The van der Waals surface area contributed by atoms with Crippen molar-refractivity contribution in [1.82, 2.24) is 9.80 Å². The van der Waals surface area contributed by atoms with E-state index in [0.29, 0.717) is 0 Å². The number of rotatable bonds is 14. The summed E-state index contributed by atoms with van der Waals surface area (Å²) in [5, 5.41) is 21.2. The minimum absolute atomic E-state index is 0. The predicted molar refractivity (Wildman–Crippen MR) is 172 cm³/mol. The second kappa shape index (κ2) is 17.8. The van der Waals surface area contributed by atoms with Gasteiger partial charge in [-0.3, -0.25) is 0 Å². The van der Waals surface area contributed by atoms with Gasteiger partial charge in [-0.15, -0.1) is 12.4 Å². The number of aliphatic hydroxyl groups excluding tert-OH is 2. The molecule has 0 bridgehead atoms. The smallest absolute Gasteiger partial charge is 0.133 e. The SMILES string of the molecule is Cl.OC1CCN(CCCOCCc2ccc3occc3c2)C1.OC1CCN(CCCOCCc2ccc3occc3c2)C1.